The molecule has 0 spiro atoms. The molecule has 3 rings (SSSR count). The molecule has 0 saturated carbocycles. The first-order valence-electron chi connectivity index (χ1n) is 12.1. The number of carbonyl (C=O) groups excluding carboxylic acids is 2. The lowest BCUT2D eigenvalue weighted by Crippen LogP contribution is -2.54. The van der Waals surface area contributed by atoms with Crippen molar-refractivity contribution in [3.63, 3.8) is 0 Å². The van der Waals surface area contributed by atoms with Crippen molar-refractivity contribution in [2.24, 2.45) is 0 Å². The van der Waals surface area contributed by atoms with Gasteiger partial charge < -0.3 is 10.2 Å². The van der Waals surface area contributed by atoms with Gasteiger partial charge in [0.1, 0.15) is 6.04 Å². The first-order valence-corrected chi connectivity index (χ1v) is 13.7. The Hall–Kier alpha value is -2.76. The van der Waals surface area contributed by atoms with Crippen LogP contribution in [0, 0.1) is 6.92 Å². The Morgan fingerprint density at radius 3 is 2.28 bits per heavy atom. The van der Waals surface area contributed by atoms with E-state index in [0.717, 1.165) is 22.3 Å². The second-order valence-electron chi connectivity index (χ2n) is 10.0. The van der Waals surface area contributed by atoms with Crippen LogP contribution in [0.2, 0.25) is 5.02 Å². The lowest BCUT2D eigenvalue weighted by Gasteiger charge is -2.34. The van der Waals surface area contributed by atoms with Gasteiger partial charge in [-0.25, -0.2) is 0 Å². The third kappa shape index (κ3) is 8.72. The predicted octanol–water partition coefficient (Wildman–Crippen LogP) is 6.44. The molecule has 1 N–H and O–H groups in total. The van der Waals surface area contributed by atoms with Gasteiger partial charge in [0, 0.05) is 29.3 Å². The van der Waals surface area contributed by atoms with E-state index in [0.29, 0.717) is 23.7 Å². The summed E-state index contributed by atoms with van der Waals surface area (Å²) in [5, 5.41) is 3.79. The SMILES string of the molecule is Cc1ccccc1CN(C(=O)CSCc1cccc(Cl)c1)[C@H](Cc1ccccc1)C(=O)NC(C)(C)C. The van der Waals surface area contributed by atoms with Crippen molar-refractivity contribution in [2.45, 2.75) is 58.0 Å². The highest BCUT2D eigenvalue weighted by molar-refractivity contribution is 7.99. The van der Waals surface area contributed by atoms with Crippen molar-refractivity contribution in [1.29, 1.82) is 0 Å². The van der Waals surface area contributed by atoms with Crippen LogP contribution in [-0.2, 0) is 28.3 Å². The van der Waals surface area contributed by atoms with Gasteiger partial charge in [0.2, 0.25) is 11.8 Å². The minimum atomic E-state index is -0.634. The minimum Gasteiger partial charge on any atom is -0.350 e. The van der Waals surface area contributed by atoms with Gasteiger partial charge in [-0.2, -0.15) is 0 Å². The van der Waals surface area contributed by atoms with E-state index in [-0.39, 0.29) is 17.6 Å². The van der Waals surface area contributed by atoms with Gasteiger partial charge in [-0.15, -0.1) is 11.8 Å². The third-order valence-corrected chi connectivity index (χ3v) is 6.98. The number of hydrogen-bond acceptors (Lipinski definition) is 3. The molecule has 0 radical (unpaired) electrons. The fraction of sp³-hybridized carbons (Fsp3) is 0.333. The topological polar surface area (TPSA) is 49.4 Å². The van der Waals surface area contributed by atoms with E-state index in [9.17, 15) is 9.59 Å². The van der Waals surface area contributed by atoms with Crippen molar-refractivity contribution < 1.29 is 9.59 Å². The van der Waals surface area contributed by atoms with E-state index in [2.05, 4.69) is 5.32 Å². The molecule has 0 bridgehead atoms. The first kappa shape index (κ1) is 27.8. The molecule has 0 saturated heterocycles. The molecule has 0 aromatic heterocycles. The van der Waals surface area contributed by atoms with Crippen molar-refractivity contribution in [3.05, 3.63) is 106 Å². The molecule has 6 heteroatoms. The number of carbonyl (C=O) groups is 2. The van der Waals surface area contributed by atoms with Crippen LogP contribution in [-0.4, -0.2) is 34.0 Å². The summed E-state index contributed by atoms with van der Waals surface area (Å²) in [6, 6.07) is 24.9. The molecular formula is C30H35ClN2O2S. The molecular weight excluding hydrogens is 488 g/mol. The van der Waals surface area contributed by atoms with Gasteiger partial charge in [-0.3, -0.25) is 9.59 Å². The monoisotopic (exact) mass is 522 g/mol. The van der Waals surface area contributed by atoms with Gasteiger partial charge in [-0.1, -0.05) is 78.3 Å². The van der Waals surface area contributed by atoms with Crippen LogP contribution in [0.25, 0.3) is 0 Å². The zero-order chi connectivity index (χ0) is 26.1. The number of amides is 2. The summed E-state index contributed by atoms with van der Waals surface area (Å²) in [5.41, 5.74) is 3.80. The normalized spacial score (nSPS) is 12.1. The highest BCUT2D eigenvalue weighted by atomic mass is 35.5. The van der Waals surface area contributed by atoms with E-state index >= 15 is 0 Å². The molecule has 190 valence electrons. The fourth-order valence-corrected chi connectivity index (χ4v) is 5.01. The van der Waals surface area contributed by atoms with Crippen LogP contribution in [0.1, 0.15) is 43.0 Å². The van der Waals surface area contributed by atoms with Crippen molar-refractivity contribution in [2.75, 3.05) is 5.75 Å². The number of nitrogens with zero attached hydrogens (tertiary/aromatic N) is 1. The molecule has 2 amide bonds. The number of halogens is 1. The molecule has 1 atom stereocenters. The summed E-state index contributed by atoms with van der Waals surface area (Å²) in [6.45, 7) is 8.28. The molecule has 0 unspecified atom stereocenters. The number of hydrogen-bond donors (Lipinski definition) is 1. The van der Waals surface area contributed by atoms with E-state index in [1.165, 1.54) is 11.8 Å². The molecule has 4 nitrogen and oxygen atoms in total. The quantitative estimate of drug-likeness (QED) is 0.333. The van der Waals surface area contributed by atoms with Gasteiger partial charge >= 0.3 is 0 Å². The minimum absolute atomic E-state index is 0.0599. The van der Waals surface area contributed by atoms with Crippen molar-refractivity contribution >= 4 is 35.2 Å². The summed E-state index contributed by atoms with van der Waals surface area (Å²) >= 11 is 7.65. The Balaban J connectivity index is 1.88. The summed E-state index contributed by atoms with van der Waals surface area (Å²) in [6.07, 6.45) is 0.444. The van der Waals surface area contributed by atoms with Crippen LogP contribution in [0.4, 0.5) is 0 Å². The summed E-state index contributed by atoms with van der Waals surface area (Å²) in [5.74, 6) is 0.734. The van der Waals surface area contributed by atoms with E-state index < -0.39 is 11.6 Å². The van der Waals surface area contributed by atoms with Crippen molar-refractivity contribution in [3.8, 4) is 0 Å². The van der Waals surface area contributed by atoms with Crippen LogP contribution in [0.15, 0.2) is 78.9 Å². The molecule has 0 fully saturated rings. The van der Waals surface area contributed by atoms with Crippen molar-refractivity contribution in [1.82, 2.24) is 10.2 Å². The van der Waals surface area contributed by atoms with Gasteiger partial charge in [-0.05, 0) is 62.1 Å². The van der Waals surface area contributed by atoms with Crippen LogP contribution in [0.5, 0.6) is 0 Å². The number of nitrogens with one attached hydrogen (secondary N) is 1. The molecule has 3 aromatic carbocycles. The second kappa shape index (κ2) is 13.0. The number of aryl methyl sites for hydroxylation is 1. The molecule has 36 heavy (non-hydrogen) atoms. The Morgan fingerprint density at radius 1 is 0.944 bits per heavy atom. The van der Waals surface area contributed by atoms with Gasteiger partial charge in [0.15, 0.2) is 0 Å². The lowest BCUT2D eigenvalue weighted by molar-refractivity contribution is -0.140. The summed E-state index contributed by atoms with van der Waals surface area (Å²) in [4.78, 5) is 29.1. The largest absolute Gasteiger partial charge is 0.350 e. The second-order valence-corrected chi connectivity index (χ2v) is 11.4. The number of rotatable bonds is 10. The average molecular weight is 523 g/mol. The smallest absolute Gasteiger partial charge is 0.243 e. The van der Waals surface area contributed by atoms with Crippen LogP contribution >= 0.6 is 23.4 Å². The lowest BCUT2D eigenvalue weighted by atomic mass is 10.00. The highest BCUT2D eigenvalue weighted by Crippen LogP contribution is 2.21. The highest BCUT2D eigenvalue weighted by Gasteiger charge is 2.32. The fourth-order valence-electron chi connectivity index (χ4n) is 3.94. The Labute approximate surface area is 224 Å². The predicted molar refractivity (Wildman–Crippen MR) is 151 cm³/mol. The van der Waals surface area contributed by atoms with E-state index in [1.54, 1.807) is 4.90 Å². The zero-order valence-corrected chi connectivity index (χ0v) is 23.0. The standard InChI is InChI=1S/C30H35ClN2O2S/c1-22-11-8-9-15-25(22)19-33(28(34)21-36-20-24-14-10-16-26(31)17-24)27(29(35)32-30(2,3)4)18-23-12-6-5-7-13-23/h5-17,27H,18-21H2,1-4H3,(H,32,35)/t27-/m1/s1. The Morgan fingerprint density at radius 2 is 1.61 bits per heavy atom. The molecule has 3 aromatic rings. The maximum atomic E-state index is 13.7. The molecule has 0 heterocycles. The third-order valence-electron chi connectivity index (χ3n) is 5.75. The Bertz CT molecular complexity index is 1160. The summed E-state index contributed by atoms with van der Waals surface area (Å²) in [7, 11) is 0. The summed E-state index contributed by atoms with van der Waals surface area (Å²) < 4.78 is 0. The first-order chi connectivity index (χ1) is 17.1. The van der Waals surface area contributed by atoms with E-state index in [4.69, 9.17) is 11.6 Å². The molecule has 0 aliphatic rings. The maximum Gasteiger partial charge on any atom is 0.243 e. The zero-order valence-electron chi connectivity index (χ0n) is 21.5. The average Bonchev–Trinajstić information content (AvgIpc) is 2.82. The number of benzene rings is 3. The van der Waals surface area contributed by atoms with E-state index in [1.807, 2.05) is 107 Å². The Kier molecular flexibility index (Phi) is 10.0. The van der Waals surface area contributed by atoms with Gasteiger partial charge in [0.05, 0.1) is 5.75 Å². The van der Waals surface area contributed by atoms with Crippen LogP contribution < -0.4 is 5.32 Å². The maximum absolute atomic E-state index is 13.7. The van der Waals surface area contributed by atoms with Crippen LogP contribution in [0.3, 0.4) is 0 Å². The van der Waals surface area contributed by atoms with Gasteiger partial charge in [0.25, 0.3) is 0 Å². The molecule has 0 aliphatic heterocycles. The number of thioether (sulfide) groups is 1. The molecule has 0 aliphatic carbocycles.